The maximum Gasteiger partial charge on any atom is 1.00 e. The van der Waals surface area contributed by atoms with Gasteiger partial charge in [-0.3, -0.25) is 9.13 Å². The average Bonchev–Trinajstić information content (AvgIpc) is 3.73. The third-order valence-electron chi connectivity index (χ3n) is 7.40. The molecule has 1 unspecified atom stereocenters. The largest absolute Gasteiger partial charge is 1.00 e. The van der Waals surface area contributed by atoms with Crippen LogP contribution in [0.5, 0.6) is 0 Å². The van der Waals surface area contributed by atoms with Gasteiger partial charge in [0.25, 0.3) is 7.82 Å². The number of fused-ring (bicyclic) bond motifs is 4. The summed E-state index contributed by atoms with van der Waals surface area (Å²) in [4.78, 5) is 32.8. The van der Waals surface area contributed by atoms with E-state index >= 15 is 4.39 Å². The Morgan fingerprint density at radius 1 is 1.02 bits per heavy atom. The number of nitrogens with one attached hydrogen (secondary N) is 1. The van der Waals surface area contributed by atoms with Crippen LogP contribution in [0.15, 0.2) is 31.2 Å². The third-order valence-corrected chi connectivity index (χ3v) is 9.36. The van der Waals surface area contributed by atoms with E-state index in [1.807, 2.05) is 0 Å². The molecule has 0 spiro atoms. The summed E-state index contributed by atoms with van der Waals surface area (Å²) in [5, 5.41) is 11.5. The Bertz CT molecular complexity index is 1900. The Balaban J connectivity index is 0.00000357. The predicted octanol–water partition coefficient (Wildman–Crippen LogP) is -4.96. The van der Waals surface area contributed by atoms with Crippen molar-refractivity contribution in [3.8, 4) is 0 Å². The Hall–Kier alpha value is -2.44. The first-order chi connectivity index (χ1) is 20.9. The molecule has 4 aromatic rings. The van der Waals surface area contributed by atoms with Crippen molar-refractivity contribution in [2.45, 2.75) is 49.1 Å². The van der Waals surface area contributed by atoms with Crippen molar-refractivity contribution >= 4 is 52.0 Å². The molecule has 6 N–H and O–H groups in total. The number of rotatable bonds is 2. The summed E-state index contributed by atoms with van der Waals surface area (Å²) in [7, 11) is -10.0. The van der Waals surface area contributed by atoms with Crippen LogP contribution in [-0.2, 0) is 37.6 Å². The number of anilines is 2. The SMILES string of the molecule is Nc1ncnc2c1ccn2[C@@H]1O[C@@H]2COP(=O)([O-])O[C@H]3[C@@H](F)[C@H](n4cnc5c(N)ncnc54)O[C@@H]3CNS(=O)(=O)O[C@H]2[C@H]1O.[Na+]. The van der Waals surface area contributed by atoms with Crippen LogP contribution in [0.4, 0.5) is 16.0 Å². The smallest absolute Gasteiger partial charge is 0.756 e. The fraction of sp³-hybridized carbons (Fsp3) is 0.476. The molecule has 7 heterocycles. The second-order valence-corrected chi connectivity index (χ2v) is 12.8. The molecule has 0 aromatic carbocycles. The van der Waals surface area contributed by atoms with E-state index < -0.39 is 80.4 Å². The summed E-state index contributed by atoms with van der Waals surface area (Å²) in [6, 6.07) is 1.55. The Kier molecular flexibility index (Phi) is 8.65. The predicted molar refractivity (Wildman–Crippen MR) is 141 cm³/mol. The van der Waals surface area contributed by atoms with E-state index in [1.54, 1.807) is 6.07 Å². The van der Waals surface area contributed by atoms with Crippen LogP contribution in [0.2, 0.25) is 0 Å². The average molecular weight is 681 g/mol. The van der Waals surface area contributed by atoms with Gasteiger partial charge < -0.3 is 44.6 Å². The number of phosphoric acid groups is 1. The van der Waals surface area contributed by atoms with E-state index in [-0.39, 0.29) is 58.0 Å². The molecule has 3 fully saturated rings. The van der Waals surface area contributed by atoms with E-state index in [1.165, 1.54) is 17.1 Å². The van der Waals surface area contributed by atoms with Crippen molar-refractivity contribution in [1.82, 2.24) is 38.8 Å². The van der Waals surface area contributed by atoms with Crippen molar-refractivity contribution in [2.75, 3.05) is 24.6 Å². The Labute approximate surface area is 274 Å². The van der Waals surface area contributed by atoms with E-state index in [2.05, 4.69) is 29.6 Å². The molecule has 0 bridgehead atoms. The molecular formula is C21H23FN10NaO10PS. The van der Waals surface area contributed by atoms with Gasteiger partial charge >= 0.3 is 39.9 Å². The fourth-order valence-electron chi connectivity index (χ4n) is 5.37. The fourth-order valence-corrected chi connectivity index (χ4v) is 7.28. The molecule has 20 nitrogen and oxygen atoms in total. The van der Waals surface area contributed by atoms with Crippen LogP contribution in [0.3, 0.4) is 0 Å². The van der Waals surface area contributed by atoms with Crippen LogP contribution >= 0.6 is 7.82 Å². The molecule has 0 amide bonds. The van der Waals surface area contributed by atoms with Crippen LogP contribution in [0.25, 0.3) is 22.2 Å². The van der Waals surface area contributed by atoms with Gasteiger partial charge in [0.1, 0.15) is 60.2 Å². The second-order valence-electron chi connectivity index (χ2n) is 10.0. The number of nitrogens with zero attached hydrogens (tertiary/aromatic N) is 7. The summed E-state index contributed by atoms with van der Waals surface area (Å²) in [5.74, 6) is 0.148. The Morgan fingerprint density at radius 3 is 2.51 bits per heavy atom. The van der Waals surface area contributed by atoms with Gasteiger partial charge in [0, 0.05) is 12.7 Å². The molecule has 3 saturated heterocycles. The van der Waals surface area contributed by atoms with Crippen molar-refractivity contribution in [2.24, 2.45) is 0 Å². The van der Waals surface area contributed by atoms with Gasteiger partial charge in [-0.2, -0.15) is 13.1 Å². The number of nitrogen functional groups attached to an aromatic ring is 2. The molecule has 0 aliphatic carbocycles. The zero-order chi connectivity index (χ0) is 31.0. The number of phosphoric ester groups is 1. The molecule has 3 aliphatic rings. The number of alkyl halides is 1. The van der Waals surface area contributed by atoms with Crippen molar-refractivity contribution in [3.63, 3.8) is 0 Å². The van der Waals surface area contributed by atoms with Gasteiger partial charge in [0.2, 0.25) is 0 Å². The minimum absolute atomic E-state index is 0. The first kappa shape index (κ1) is 32.5. The second kappa shape index (κ2) is 12.0. The standard InChI is InChI=1S/C21H24FN10O10PS.Na/c22-11-14-9(39-20(11)32-7-29-12-17(24)26-6-28-19(12)32)3-30-44(36,37)42-15-10(4-38-43(34,35)41-14)40-21(13(15)33)31-2-1-8-16(23)25-5-27-18(8)31;/h1-2,5-7,9-11,13-15,20-21,30,33H,3-4H2,(H,34,35)(H2,23,25,27)(H2,24,26,28);/q;+1/p-1/t9-,10-,11-,13-,14-,15-,20-,21-;/m1./s1. The monoisotopic (exact) mass is 680 g/mol. The number of aliphatic hydroxyl groups is 1. The van der Waals surface area contributed by atoms with Crippen molar-refractivity contribution in [3.05, 3.63) is 31.2 Å². The molecule has 24 heteroatoms. The topological polar surface area (TPSA) is 279 Å². The van der Waals surface area contributed by atoms with Crippen LogP contribution in [0, 0.1) is 0 Å². The molecule has 7 rings (SSSR count). The normalized spacial score (nSPS) is 35.3. The van der Waals surface area contributed by atoms with E-state index in [0.717, 1.165) is 17.2 Å². The number of aromatic nitrogens is 7. The number of hydrogen-bond acceptors (Lipinski definition) is 17. The van der Waals surface area contributed by atoms with Gasteiger partial charge in [-0.25, -0.2) is 33.5 Å². The molecular weight excluding hydrogens is 657 g/mol. The zero-order valence-electron chi connectivity index (χ0n) is 23.1. The van der Waals surface area contributed by atoms with Gasteiger partial charge in [0.05, 0.1) is 18.3 Å². The van der Waals surface area contributed by atoms with E-state index in [9.17, 15) is 23.0 Å². The molecule has 4 aromatic heterocycles. The van der Waals surface area contributed by atoms with E-state index in [4.69, 9.17) is 34.2 Å². The number of hydrogen-bond donors (Lipinski definition) is 4. The molecule has 45 heavy (non-hydrogen) atoms. The molecule has 0 radical (unpaired) electrons. The first-order valence-electron chi connectivity index (χ1n) is 12.9. The first-order valence-corrected chi connectivity index (χ1v) is 15.7. The van der Waals surface area contributed by atoms with Gasteiger partial charge in [-0.1, -0.05) is 0 Å². The van der Waals surface area contributed by atoms with E-state index in [0.29, 0.717) is 5.39 Å². The third kappa shape index (κ3) is 5.84. The number of aliphatic hydroxyl groups excluding tert-OH is 1. The van der Waals surface area contributed by atoms with Crippen molar-refractivity contribution in [1.29, 1.82) is 0 Å². The maximum atomic E-state index is 15.8. The minimum Gasteiger partial charge on any atom is -0.756 e. The number of halogens is 1. The summed E-state index contributed by atoms with van der Waals surface area (Å²) < 4.78 is 86.2. The quantitative estimate of drug-likeness (QED) is 0.114. The summed E-state index contributed by atoms with van der Waals surface area (Å²) in [6.45, 7) is -1.57. The van der Waals surface area contributed by atoms with Crippen LogP contribution in [0.1, 0.15) is 12.5 Å². The van der Waals surface area contributed by atoms with Gasteiger partial charge in [-0.15, -0.1) is 0 Å². The molecule has 9 atom stereocenters. The number of imidazole rings is 1. The zero-order valence-corrected chi connectivity index (χ0v) is 26.8. The molecule has 236 valence electrons. The van der Waals surface area contributed by atoms with Crippen LogP contribution < -0.4 is 50.6 Å². The summed E-state index contributed by atoms with van der Waals surface area (Å²) >= 11 is 0. The van der Waals surface area contributed by atoms with Crippen LogP contribution in [-0.4, -0.2) is 97.4 Å². The molecule has 0 saturated carbocycles. The molecule has 3 aliphatic heterocycles. The van der Waals surface area contributed by atoms with Gasteiger partial charge in [0.15, 0.2) is 30.1 Å². The number of ether oxygens (including phenoxy) is 2. The number of nitrogens with two attached hydrogens (primary N) is 2. The van der Waals surface area contributed by atoms with Crippen molar-refractivity contribution < 1.29 is 79.6 Å². The summed E-state index contributed by atoms with van der Waals surface area (Å²) in [5.41, 5.74) is 12.1. The maximum absolute atomic E-state index is 15.8. The minimum atomic E-state index is -5.31. The van der Waals surface area contributed by atoms with Gasteiger partial charge in [-0.05, 0) is 6.07 Å². The summed E-state index contributed by atoms with van der Waals surface area (Å²) in [6.07, 6.45) is -8.35. The Morgan fingerprint density at radius 2 is 1.73 bits per heavy atom.